The Bertz CT molecular complexity index is 1030. The molecule has 1 aromatic carbocycles. The highest BCUT2D eigenvalue weighted by molar-refractivity contribution is 5.85. The Morgan fingerprint density at radius 1 is 1.38 bits per heavy atom. The van der Waals surface area contributed by atoms with E-state index < -0.39 is 0 Å². The van der Waals surface area contributed by atoms with Crippen LogP contribution in [0.3, 0.4) is 0 Å². The van der Waals surface area contributed by atoms with E-state index in [2.05, 4.69) is 62.7 Å². The lowest BCUT2D eigenvalue weighted by Crippen LogP contribution is -2.46. The number of aliphatic imine (C=N–C) groups is 1. The van der Waals surface area contributed by atoms with Gasteiger partial charge in [0.05, 0.1) is 6.54 Å². The number of fused-ring (bicyclic) bond motifs is 2. The van der Waals surface area contributed by atoms with Crippen molar-refractivity contribution in [1.82, 2.24) is 30.4 Å². The molecule has 8 heteroatoms. The molecule has 1 aliphatic heterocycles. The Morgan fingerprint density at radius 3 is 3.03 bits per heavy atom. The third-order valence-corrected chi connectivity index (χ3v) is 5.57. The molecule has 1 aliphatic rings. The molecule has 0 saturated carbocycles. The average molecular weight is 396 g/mol. The van der Waals surface area contributed by atoms with Crippen LogP contribution >= 0.6 is 0 Å². The molecule has 0 aliphatic carbocycles. The quantitative estimate of drug-likeness (QED) is 0.455. The molecule has 1 atom stereocenters. The molecule has 8 nitrogen and oxygen atoms in total. The van der Waals surface area contributed by atoms with Crippen molar-refractivity contribution in [1.29, 1.82) is 0 Å². The summed E-state index contributed by atoms with van der Waals surface area (Å²) in [6, 6.07) is 6.81. The number of hydrogen-bond acceptors (Lipinski definition) is 4. The molecule has 0 fully saturated rings. The van der Waals surface area contributed by atoms with E-state index in [0.717, 1.165) is 43.5 Å². The van der Waals surface area contributed by atoms with Gasteiger partial charge >= 0.3 is 0 Å². The molecular weight excluding hydrogens is 366 g/mol. The third kappa shape index (κ3) is 4.12. The van der Waals surface area contributed by atoms with Gasteiger partial charge in [-0.1, -0.05) is 6.07 Å². The molecule has 2 aromatic heterocycles. The van der Waals surface area contributed by atoms with E-state index in [1.165, 1.54) is 27.7 Å². The fraction of sp³-hybridized carbons (Fsp3) is 0.476. The van der Waals surface area contributed by atoms with Crippen molar-refractivity contribution in [3.8, 4) is 0 Å². The minimum atomic E-state index is 0.267. The van der Waals surface area contributed by atoms with E-state index >= 15 is 0 Å². The molecule has 29 heavy (non-hydrogen) atoms. The minimum absolute atomic E-state index is 0.267. The van der Waals surface area contributed by atoms with Crippen molar-refractivity contribution in [2.45, 2.75) is 52.4 Å². The molecule has 1 unspecified atom stereocenters. The van der Waals surface area contributed by atoms with Gasteiger partial charge in [0.25, 0.3) is 0 Å². The van der Waals surface area contributed by atoms with Crippen molar-refractivity contribution in [2.75, 3.05) is 14.2 Å². The number of aryl methyl sites for hydroxylation is 3. The maximum absolute atomic E-state index is 5.14. The number of H-pyrrole nitrogens is 1. The summed E-state index contributed by atoms with van der Waals surface area (Å²) in [6.45, 7) is 6.22. The van der Waals surface area contributed by atoms with Crippen LogP contribution in [-0.2, 0) is 30.9 Å². The Hall–Kier alpha value is -2.87. The van der Waals surface area contributed by atoms with Crippen LogP contribution in [0.2, 0.25) is 0 Å². The van der Waals surface area contributed by atoms with Gasteiger partial charge in [-0.05, 0) is 43.5 Å². The molecule has 0 saturated heterocycles. The second kappa shape index (κ2) is 8.24. The SMILES string of the molecule is CN=C(NCc1ccc2[nH]c(C)c(C)c2c1)NC1CCc2nc(COC)nn2C1. The van der Waals surface area contributed by atoms with E-state index in [1.807, 2.05) is 4.68 Å². The number of nitrogens with zero attached hydrogens (tertiary/aromatic N) is 4. The Labute approximate surface area is 170 Å². The summed E-state index contributed by atoms with van der Waals surface area (Å²) in [5.74, 6) is 2.58. The summed E-state index contributed by atoms with van der Waals surface area (Å²) in [5, 5.41) is 12.8. The Morgan fingerprint density at radius 2 is 2.24 bits per heavy atom. The first-order valence-electron chi connectivity index (χ1n) is 10.0. The number of aromatic nitrogens is 4. The topological polar surface area (TPSA) is 92.2 Å². The Kier molecular flexibility index (Phi) is 5.53. The van der Waals surface area contributed by atoms with Crippen molar-refractivity contribution >= 4 is 16.9 Å². The zero-order chi connectivity index (χ0) is 20.4. The van der Waals surface area contributed by atoms with Crippen LogP contribution in [0.15, 0.2) is 23.2 Å². The first kappa shape index (κ1) is 19.4. The van der Waals surface area contributed by atoms with Crippen molar-refractivity contribution in [3.05, 3.63) is 46.7 Å². The van der Waals surface area contributed by atoms with Gasteiger partial charge in [0.15, 0.2) is 11.8 Å². The van der Waals surface area contributed by atoms with E-state index in [4.69, 9.17) is 4.74 Å². The van der Waals surface area contributed by atoms with Crippen LogP contribution < -0.4 is 10.6 Å². The minimum Gasteiger partial charge on any atom is -0.377 e. The zero-order valence-corrected chi connectivity index (χ0v) is 17.5. The molecule has 0 spiro atoms. The van der Waals surface area contributed by atoms with Crippen molar-refractivity contribution < 1.29 is 4.74 Å². The summed E-state index contributed by atoms with van der Waals surface area (Å²) in [7, 11) is 3.47. The molecule has 4 rings (SSSR count). The second-order valence-corrected chi connectivity index (χ2v) is 7.62. The second-order valence-electron chi connectivity index (χ2n) is 7.62. The Balaban J connectivity index is 1.37. The molecule has 0 radical (unpaired) electrons. The largest absolute Gasteiger partial charge is 0.377 e. The number of benzene rings is 1. The first-order chi connectivity index (χ1) is 14.1. The predicted molar refractivity (Wildman–Crippen MR) is 114 cm³/mol. The van der Waals surface area contributed by atoms with E-state index in [9.17, 15) is 0 Å². The monoisotopic (exact) mass is 395 g/mol. The first-order valence-corrected chi connectivity index (χ1v) is 10.0. The number of hydrogen-bond donors (Lipinski definition) is 3. The van der Waals surface area contributed by atoms with Gasteiger partial charge in [0, 0.05) is 49.8 Å². The third-order valence-electron chi connectivity index (χ3n) is 5.57. The van der Waals surface area contributed by atoms with Gasteiger partial charge in [0.1, 0.15) is 12.4 Å². The predicted octanol–water partition coefficient (Wildman–Crippen LogP) is 2.20. The lowest BCUT2D eigenvalue weighted by molar-refractivity contribution is 0.177. The summed E-state index contributed by atoms with van der Waals surface area (Å²) in [4.78, 5) is 12.4. The van der Waals surface area contributed by atoms with Gasteiger partial charge < -0.3 is 20.4 Å². The summed E-state index contributed by atoms with van der Waals surface area (Å²) in [5.41, 5.74) is 4.95. The number of nitrogens with one attached hydrogen (secondary N) is 3. The zero-order valence-electron chi connectivity index (χ0n) is 17.5. The van der Waals surface area contributed by atoms with Gasteiger partial charge in [-0.3, -0.25) is 4.99 Å². The van der Waals surface area contributed by atoms with E-state index in [0.29, 0.717) is 6.61 Å². The number of methoxy groups -OCH3 is 1. The fourth-order valence-electron chi connectivity index (χ4n) is 3.86. The normalized spacial score (nSPS) is 16.8. The smallest absolute Gasteiger partial charge is 0.191 e. The lowest BCUT2D eigenvalue weighted by Gasteiger charge is -2.25. The summed E-state index contributed by atoms with van der Waals surface area (Å²) < 4.78 is 7.12. The highest BCUT2D eigenvalue weighted by atomic mass is 16.5. The van der Waals surface area contributed by atoms with Crippen LogP contribution in [0.5, 0.6) is 0 Å². The van der Waals surface area contributed by atoms with Crippen LogP contribution in [0.1, 0.15) is 34.9 Å². The van der Waals surface area contributed by atoms with Gasteiger partial charge in [-0.25, -0.2) is 9.67 Å². The highest BCUT2D eigenvalue weighted by Gasteiger charge is 2.22. The fourth-order valence-corrected chi connectivity index (χ4v) is 3.86. The standard InChI is InChI=1S/C21H29N7O/c1-13-14(2)24-18-7-5-15(9-17(13)18)10-23-21(22-3)25-16-6-8-20-26-19(12-29-4)27-28(20)11-16/h5,7,9,16,24H,6,8,10-12H2,1-4H3,(H2,22,23,25). The molecular formula is C21H29N7O. The number of ether oxygens (including phenoxy) is 1. The summed E-state index contributed by atoms with van der Waals surface area (Å²) >= 11 is 0. The van der Waals surface area contributed by atoms with Crippen LogP contribution in [0.4, 0.5) is 0 Å². The van der Waals surface area contributed by atoms with Crippen LogP contribution in [-0.4, -0.2) is 45.9 Å². The molecule has 3 aromatic rings. The maximum Gasteiger partial charge on any atom is 0.191 e. The molecule has 3 heterocycles. The summed E-state index contributed by atoms with van der Waals surface area (Å²) in [6.07, 6.45) is 1.90. The number of guanidine groups is 1. The lowest BCUT2D eigenvalue weighted by atomic mass is 10.1. The molecule has 0 bridgehead atoms. The van der Waals surface area contributed by atoms with Gasteiger partial charge in [-0.2, -0.15) is 5.10 Å². The number of rotatable bonds is 5. The van der Waals surface area contributed by atoms with Gasteiger partial charge in [-0.15, -0.1) is 0 Å². The maximum atomic E-state index is 5.14. The average Bonchev–Trinajstić information content (AvgIpc) is 3.25. The van der Waals surface area contributed by atoms with Crippen LogP contribution in [0, 0.1) is 13.8 Å². The van der Waals surface area contributed by atoms with Crippen LogP contribution in [0.25, 0.3) is 10.9 Å². The highest BCUT2D eigenvalue weighted by Crippen LogP contribution is 2.22. The van der Waals surface area contributed by atoms with E-state index in [-0.39, 0.29) is 6.04 Å². The van der Waals surface area contributed by atoms with Crippen molar-refractivity contribution in [2.24, 2.45) is 4.99 Å². The van der Waals surface area contributed by atoms with Gasteiger partial charge in [0.2, 0.25) is 0 Å². The molecule has 0 amide bonds. The molecule has 154 valence electrons. The van der Waals surface area contributed by atoms with E-state index in [1.54, 1.807) is 14.2 Å². The van der Waals surface area contributed by atoms with Crippen molar-refractivity contribution in [3.63, 3.8) is 0 Å². The number of aromatic amines is 1. The molecule has 3 N–H and O–H groups in total.